The van der Waals surface area contributed by atoms with E-state index < -0.39 is 0 Å². The van der Waals surface area contributed by atoms with E-state index in [9.17, 15) is 4.79 Å². The number of carbonyl (C=O) groups excluding carboxylic acids is 1. The Morgan fingerprint density at radius 1 is 1.00 bits per heavy atom. The number of benzene rings is 1. The van der Waals surface area contributed by atoms with Crippen molar-refractivity contribution in [3.8, 4) is 5.75 Å². The maximum Gasteiger partial charge on any atom is 0.221 e. The molecular weight excluding hydrogens is 442 g/mol. The summed E-state index contributed by atoms with van der Waals surface area (Å²) in [6.45, 7) is 6.00. The van der Waals surface area contributed by atoms with Gasteiger partial charge >= 0.3 is 0 Å². The molecule has 2 N–H and O–H groups in total. The standard InChI is InChI=1S/C28H43N3O2S/c1-5-7-9-11-12-14-17-22(16-13-10-8-6-2)28(34)31-27-23-18-15-19-29-26(23)24(30-21(3)32)20-25(27)33-4/h15,18-20,22H,5-14,16-17H2,1-4H3,(H,30,32)(H,31,34). The number of hydrogen-bond acceptors (Lipinski definition) is 4. The number of ether oxygens (including phenoxy) is 1. The fraction of sp³-hybridized carbons (Fsp3) is 0.607. The SMILES string of the molecule is CCCCCCCCC(CCCCCC)C(=S)Nc1c(OC)cc(NC(C)=O)c2ncccc12. The number of methoxy groups -OCH3 is 1. The van der Waals surface area contributed by atoms with Gasteiger partial charge in [-0.1, -0.05) is 90.3 Å². The molecule has 1 atom stereocenters. The van der Waals surface area contributed by atoms with Gasteiger partial charge < -0.3 is 15.4 Å². The summed E-state index contributed by atoms with van der Waals surface area (Å²) in [4.78, 5) is 17.1. The van der Waals surface area contributed by atoms with Crippen LogP contribution in [0.1, 0.15) is 97.8 Å². The fourth-order valence-corrected chi connectivity index (χ4v) is 4.76. The zero-order chi connectivity index (χ0) is 24.8. The van der Waals surface area contributed by atoms with Crippen molar-refractivity contribution in [2.24, 2.45) is 5.92 Å². The van der Waals surface area contributed by atoms with Crippen molar-refractivity contribution in [3.05, 3.63) is 24.4 Å². The van der Waals surface area contributed by atoms with E-state index in [1.165, 1.54) is 71.1 Å². The molecular formula is C28H43N3O2S. The second-order valence-corrected chi connectivity index (χ2v) is 9.61. The van der Waals surface area contributed by atoms with Gasteiger partial charge in [0.05, 0.1) is 29.0 Å². The number of amides is 1. The molecule has 0 fully saturated rings. The van der Waals surface area contributed by atoms with Gasteiger partial charge in [-0.05, 0) is 25.0 Å². The van der Waals surface area contributed by atoms with Crippen LogP contribution in [-0.2, 0) is 4.79 Å². The smallest absolute Gasteiger partial charge is 0.221 e. The Kier molecular flexibility index (Phi) is 12.9. The maximum absolute atomic E-state index is 11.7. The molecule has 1 amide bonds. The largest absolute Gasteiger partial charge is 0.494 e. The van der Waals surface area contributed by atoms with E-state index in [2.05, 4.69) is 29.5 Å². The molecule has 5 nitrogen and oxygen atoms in total. The van der Waals surface area contributed by atoms with Gasteiger partial charge in [0.1, 0.15) is 5.75 Å². The Hall–Kier alpha value is -2.21. The van der Waals surface area contributed by atoms with Crippen molar-refractivity contribution in [3.63, 3.8) is 0 Å². The van der Waals surface area contributed by atoms with Gasteiger partial charge in [0.2, 0.25) is 5.91 Å². The van der Waals surface area contributed by atoms with Gasteiger partial charge in [0.15, 0.2) is 0 Å². The van der Waals surface area contributed by atoms with Crippen molar-refractivity contribution >= 4 is 45.4 Å². The molecule has 1 unspecified atom stereocenters. The molecule has 2 aromatic rings. The molecule has 6 heteroatoms. The number of anilines is 2. The highest BCUT2D eigenvalue weighted by atomic mass is 32.1. The minimum Gasteiger partial charge on any atom is -0.494 e. The number of fused-ring (bicyclic) bond motifs is 1. The quantitative estimate of drug-likeness (QED) is 0.185. The highest BCUT2D eigenvalue weighted by molar-refractivity contribution is 7.80. The van der Waals surface area contributed by atoms with E-state index >= 15 is 0 Å². The highest BCUT2D eigenvalue weighted by Gasteiger charge is 2.20. The average Bonchev–Trinajstić information content (AvgIpc) is 2.83. The average molecular weight is 486 g/mol. The van der Waals surface area contributed by atoms with Crippen LogP contribution in [0, 0.1) is 5.92 Å². The zero-order valence-corrected chi connectivity index (χ0v) is 22.4. The Bertz CT molecular complexity index is 916. The lowest BCUT2D eigenvalue weighted by Crippen LogP contribution is -2.22. The van der Waals surface area contributed by atoms with Gasteiger partial charge in [-0.25, -0.2) is 0 Å². The Morgan fingerprint density at radius 3 is 2.24 bits per heavy atom. The normalized spacial score (nSPS) is 11.9. The van der Waals surface area contributed by atoms with Crippen LogP contribution in [0.15, 0.2) is 24.4 Å². The summed E-state index contributed by atoms with van der Waals surface area (Å²) in [6.07, 6.45) is 16.7. The Morgan fingerprint density at radius 2 is 1.62 bits per heavy atom. The molecule has 0 radical (unpaired) electrons. The molecule has 34 heavy (non-hydrogen) atoms. The second-order valence-electron chi connectivity index (χ2n) is 9.17. The summed E-state index contributed by atoms with van der Waals surface area (Å²) < 4.78 is 5.70. The number of carbonyl (C=O) groups is 1. The molecule has 0 bridgehead atoms. The zero-order valence-electron chi connectivity index (χ0n) is 21.5. The van der Waals surface area contributed by atoms with Crippen LogP contribution in [0.2, 0.25) is 0 Å². The summed E-state index contributed by atoms with van der Waals surface area (Å²) in [5.74, 6) is 0.858. The van der Waals surface area contributed by atoms with Gasteiger partial charge in [-0.2, -0.15) is 0 Å². The number of unbranched alkanes of at least 4 members (excludes halogenated alkanes) is 8. The van der Waals surface area contributed by atoms with E-state index in [1.54, 1.807) is 13.3 Å². The third kappa shape index (κ3) is 8.86. The van der Waals surface area contributed by atoms with E-state index in [-0.39, 0.29) is 5.91 Å². The molecule has 0 aliphatic rings. The van der Waals surface area contributed by atoms with E-state index in [0.717, 1.165) is 34.4 Å². The molecule has 0 aliphatic heterocycles. The number of pyridine rings is 1. The fourth-order valence-electron chi connectivity index (χ4n) is 4.42. The molecule has 0 aliphatic carbocycles. The first-order chi connectivity index (χ1) is 16.5. The lowest BCUT2D eigenvalue weighted by molar-refractivity contribution is -0.114. The lowest BCUT2D eigenvalue weighted by Gasteiger charge is -2.22. The summed E-state index contributed by atoms with van der Waals surface area (Å²) >= 11 is 5.97. The maximum atomic E-state index is 11.7. The Balaban J connectivity index is 2.21. The summed E-state index contributed by atoms with van der Waals surface area (Å²) in [5, 5.41) is 7.30. The number of hydrogen-bond donors (Lipinski definition) is 2. The lowest BCUT2D eigenvalue weighted by atomic mass is 9.93. The highest BCUT2D eigenvalue weighted by Crippen LogP contribution is 2.38. The molecule has 2 rings (SSSR count). The molecule has 0 spiro atoms. The number of nitrogens with one attached hydrogen (secondary N) is 2. The predicted octanol–water partition coefficient (Wildman–Crippen LogP) is 8.28. The Labute approximate surface area is 211 Å². The van der Waals surface area contributed by atoms with Crippen molar-refractivity contribution < 1.29 is 9.53 Å². The van der Waals surface area contributed by atoms with E-state index in [1.807, 2.05) is 18.2 Å². The molecule has 0 saturated heterocycles. The van der Waals surface area contributed by atoms with Gasteiger partial charge in [-0.3, -0.25) is 9.78 Å². The summed E-state index contributed by atoms with van der Waals surface area (Å²) in [6, 6.07) is 5.71. The molecule has 1 heterocycles. The molecule has 1 aromatic heterocycles. The molecule has 1 aromatic carbocycles. The van der Waals surface area contributed by atoms with Crippen LogP contribution < -0.4 is 15.4 Å². The predicted molar refractivity (Wildman–Crippen MR) is 149 cm³/mol. The first kappa shape index (κ1) is 28.0. The van der Waals surface area contributed by atoms with Crippen LogP contribution >= 0.6 is 12.2 Å². The van der Waals surface area contributed by atoms with Crippen LogP contribution in [0.3, 0.4) is 0 Å². The van der Waals surface area contributed by atoms with Gasteiger partial charge in [-0.15, -0.1) is 0 Å². The molecule has 0 saturated carbocycles. The summed E-state index contributed by atoms with van der Waals surface area (Å²) in [5.41, 5.74) is 2.19. The second kappa shape index (κ2) is 15.6. The molecule has 188 valence electrons. The van der Waals surface area contributed by atoms with Gasteiger partial charge in [0.25, 0.3) is 0 Å². The van der Waals surface area contributed by atoms with Crippen LogP contribution in [-0.4, -0.2) is 23.0 Å². The van der Waals surface area contributed by atoms with Crippen molar-refractivity contribution in [2.75, 3.05) is 17.7 Å². The number of aromatic nitrogens is 1. The summed E-state index contributed by atoms with van der Waals surface area (Å²) in [7, 11) is 1.64. The first-order valence-corrected chi connectivity index (χ1v) is 13.5. The van der Waals surface area contributed by atoms with Crippen LogP contribution in [0.25, 0.3) is 10.9 Å². The third-order valence-corrected chi connectivity index (χ3v) is 6.75. The minimum absolute atomic E-state index is 0.142. The van der Waals surface area contributed by atoms with Crippen LogP contribution in [0.5, 0.6) is 5.75 Å². The van der Waals surface area contributed by atoms with E-state index in [0.29, 0.717) is 17.4 Å². The monoisotopic (exact) mass is 485 g/mol. The van der Waals surface area contributed by atoms with Crippen molar-refractivity contribution in [1.82, 2.24) is 4.98 Å². The first-order valence-electron chi connectivity index (χ1n) is 13.1. The van der Waals surface area contributed by atoms with E-state index in [4.69, 9.17) is 17.0 Å². The third-order valence-electron chi connectivity index (χ3n) is 6.32. The van der Waals surface area contributed by atoms with Crippen molar-refractivity contribution in [2.45, 2.75) is 97.8 Å². The number of thiocarbonyl (C=S) groups is 1. The van der Waals surface area contributed by atoms with Crippen LogP contribution in [0.4, 0.5) is 11.4 Å². The topological polar surface area (TPSA) is 63.2 Å². The number of nitrogens with zero attached hydrogens (tertiary/aromatic N) is 1. The van der Waals surface area contributed by atoms with Crippen molar-refractivity contribution in [1.29, 1.82) is 0 Å². The van der Waals surface area contributed by atoms with Gasteiger partial charge in [0, 0.05) is 30.5 Å². The number of rotatable bonds is 16. The minimum atomic E-state index is -0.142.